The first kappa shape index (κ1) is 21.5. The summed E-state index contributed by atoms with van der Waals surface area (Å²) in [4.78, 5) is 12.9. The Balaban J connectivity index is 1.60. The summed E-state index contributed by atoms with van der Waals surface area (Å²) in [5, 5.41) is 9.74. The Kier molecular flexibility index (Phi) is 5.91. The number of methoxy groups -OCH3 is 1. The molecule has 3 aromatic carbocycles. The fraction of sp³-hybridized carbons (Fsp3) is 0.222. The van der Waals surface area contributed by atoms with E-state index in [0.29, 0.717) is 5.70 Å². The third-order valence-corrected chi connectivity index (χ3v) is 5.83. The highest BCUT2D eigenvalue weighted by Gasteiger charge is 2.27. The minimum atomic E-state index is -0.206. The van der Waals surface area contributed by atoms with Crippen molar-refractivity contribution in [1.82, 2.24) is 10.6 Å². The van der Waals surface area contributed by atoms with Gasteiger partial charge >= 0.3 is 0 Å². The molecule has 1 heterocycles. The fourth-order valence-corrected chi connectivity index (χ4v) is 4.24. The van der Waals surface area contributed by atoms with Gasteiger partial charge in [-0.3, -0.25) is 4.79 Å². The van der Waals surface area contributed by atoms with Crippen molar-refractivity contribution in [3.63, 3.8) is 0 Å². The van der Waals surface area contributed by atoms with Crippen LogP contribution in [-0.4, -0.2) is 13.0 Å². The molecular formula is C27H29N3O2. The average molecular weight is 428 g/mol. The molecule has 1 aliphatic rings. The molecule has 5 heteroatoms. The van der Waals surface area contributed by atoms with E-state index in [1.165, 1.54) is 16.7 Å². The Morgan fingerprint density at radius 3 is 2.31 bits per heavy atom. The van der Waals surface area contributed by atoms with E-state index < -0.39 is 0 Å². The molecule has 32 heavy (non-hydrogen) atoms. The first-order valence-corrected chi connectivity index (χ1v) is 10.7. The molecule has 4 rings (SSSR count). The number of carbonyl (C=O) groups excluding carboxylic acids is 1. The molecule has 1 amide bonds. The van der Waals surface area contributed by atoms with Crippen LogP contribution in [0, 0.1) is 20.8 Å². The maximum atomic E-state index is 12.9. The first-order chi connectivity index (χ1) is 15.4. The average Bonchev–Trinajstić information content (AvgIpc) is 3.15. The zero-order valence-electron chi connectivity index (χ0n) is 19.2. The highest BCUT2D eigenvalue weighted by molar-refractivity contribution is 6.04. The molecule has 1 atom stereocenters. The lowest BCUT2D eigenvalue weighted by Gasteiger charge is -2.19. The Bertz CT molecular complexity index is 1190. The molecule has 1 aliphatic heterocycles. The summed E-state index contributed by atoms with van der Waals surface area (Å²) >= 11 is 0. The van der Waals surface area contributed by atoms with Crippen molar-refractivity contribution >= 4 is 11.6 Å². The molecule has 5 nitrogen and oxygen atoms in total. The van der Waals surface area contributed by atoms with E-state index in [4.69, 9.17) is 4.74 Å². The number of ether oxygens (including phenoxy) is 1. The van der Waals surface area contributed by atoms with E-state index in [1.54, 1.807) is 7.11 Å². The molecule has 1 unspecified atom stereocenters. The van der Waals surface area contributed by atoms with E-state index in [-0.39, 0.29) is 12.1 Å². The van der Waals surface area contributed by atoms with Crippen molar-refractivity contribution in [1.29, 1.82) is 0 Å². The summed E-state index contributed by atoms with van der Waals surface area (Å²) in [6.07, 6.45) is -0.206. The second kappa shape index (κ2) is 8.79. The molecule has 0 aliphatic carbocycles. The molecule has 0 saturated carbocycles. The van der Waals surface area contributed by atoms with Crippen molar-refractivity contribution in [3.05, 3.63) is 94.3 Å². The van der Waals surface area contributed by atoms with Gasteiger partial charge in [0.1, 0.15) is 17.6 Å². The number of allylic oxidation sites excluding steroid dienone is 1. The highest BCUT2D eigenvalue weighted by atomic mass is 16.5. The molecule has 0 aromatic heterocycles. The quantitative estimate of drug-likeness (QED) is 0.514. The fourth-order valence-electron chi connectivity index (χ4n) is 4.24. The van der Waals surface area contributed by atoms with Crippen LogP contribution in [0.5, 0.6) is 5.75 Å². The topological polar surface area (TPSA) is 62.4 Å². The Labute approximate surface area is 189 Å². The van der Waals surface area contributed by atoms with E-state index in [2.05, 4.69) is 54.1 Å². The number of amides is 1. The largest absolute Gasteiger partial charge is 0.496 e. The molecule has 0 radical (unpaired) electrons. The van der Waals surface area contributed by atoms with Crippen molar-refractivity contribution in [3.8, 4) is 16.9 Å². The number of aryl methyl sites for hydroxylation is 3. The SMILES string of the molecule is COc1ccc(C2NC(C)=C(C(=O)Nc3cccc(C)c3)N2)cc1-c1c(C)cccc1C. The molecule has 164 valence electrons. The minimum absolute atomic E-state index is 0.161. The van der Waals surface area contributed by atoms with E-state index >= 15 is 0 Å². The third-order valence-electron chi connectivity index (χ3n) is 5.83. The molecule has 0 spiro atoms. The van der Waals surface area contributed by atoms with Gasteiger partial charge in [0.15, 0.2) is 0 Å². The molecule has 3 aromatic rings. The highest BCUT2D eigenvalue weighted by Crippen LogP contribution is 2.37. The number of hydrogen-bond acceptors (Lipinski definition) is 4. The van der Waals surface area contributed by atoms with Crippen LogP contribution in [0.1, 0.15) is 35.3 Å². The molecule has 0 saturated heterocycles. The second-order valence-corrected chi connectivity index (χ2v) is 8.27. The van der Waals surface area contributed by atoms with Gasteiger partial charge in [0.05, 0.1) is 7.11 Å². The lowest BCUT2D eigenvalue weighted by Crippen LogP contribution is -2.27. The summed E-state index contributed by atoms with van der Waals surface area (Å²) in [6.45, 7) is 8.14. The predicted octanol–water partition coefficient (Wildman–Crippen LogP) is 5.35. The lowest BCUT2D eigenvalue weighted by molar-refractivity contribution is -0.113. The maximum Gasteiger partial charge on any atom is 0.273 e. The minimum Gasteiger partial charge on any atom is -0.496 e. The van der Waals surface area contributed by atoms with Gasteiger partial charge in [-0.15, -0.1) is 0 Å². The summed E-state index contributed by atoms with van der Waals surface area (Å²) in [5.41, 5.74) is 8.86. The normalized spacial score (nSPS) is 15.2. The third kappa shape index (κ3) is 4.19. The Morgan fingerprint density at radius 2 is 1.62 bits per heavy atom. The van der Waals surface area contributed by atoms with Crippen LogP contribution in [0.2, 0.25) is 0 Å². The van der Waals surface area contributed by atoms with Crippen LogP contribution in [0.15, 0.2) is 72.1 Å². The monoisotopic (exact) mass is 427 g/mol. The van der Waals surface area contributed by atoms with Gasteiger partial charge in [0.2, 0.25) is 0 Å². The number of nitrogens with one attached hydrogen (secondary N) is 3. The number of anilines is 1. The molecular weight excluding hydrogens is 398 g/mol. The zero-order chi connectivity index (χ0) is 22.8. The number of benzene rings is 3. The van der Waals surface area contributed by atoms with Crippen LogP contribution in [0.4, 0.5) is 5.69 Å². The summed E-state index contributed by atoms with van der Waals surface area (Å²) in [5.74, 6) is 0.665. The predicted molar refractivity (Wildman–Crippen MR) is 129 cm³/mol. The van der Waals surface area contributed by atoms with Crippen LogP contribution in [0.25, 0.3) is 11.1 Å². The molecule has 3 N–H and O–H groups in total. The van der Waals surface area contributed by atoms with Gasteiger partial charge in [0, 0.05) is 16.9 Å². The van der Waals surface area contributed by atoms with Gasteiger partial charge in [-0.2, -0.15) is 0 Å². The van der Waals surface area contributed by atoms with Crippen LogP contribution in [-0.2, 0) is 4.79 Å². The lowest BCUT2D eigenvalue weighted by atomic mass is 9.93. The smallest absolute Gasteiger partial charge is 0.273 e. The Morgan fingerprint density at radius 1 is 0.906 bits per heavy atom. The van der Waals surface area contributed by atoms with Crippen LogP contribution < -0.4 is 20.7 Å². The van der Waals surface area contributed by atoms with E-state index in [1.807, 2.05) is 50.2 Å². The summed E-state index contributed by atoms with van der Waals surface area (Å²) < 4.78 is 5.67. The summed E-state index contributed by atoms with van der Waals surface area (Å²) in [7, 11) is 1.69. The van der Waals surface area contributed by atoms with E-state index in [9.17, 15) is 4.79 Å². The number of hydrogen-bond donors (Lipinski definition) is 3. The van der Waals surface area contributed by atoms with E-state index in [0.717, 1.165) is 33.8 Å². The van der Waals surface area contributed by atoms with Crippen LogP contribution in [0.3, 0.4) is 0 Å². The van der Waals surface area contributed by atoms with Crippen LogP contribution >= 0.6 is 0 Å². The number of rotatable bonds is 5. The zero-order valence-corrected chi connectivity index (χ0v) is 19.2. The molecule has 0 fully saturated rings. The van der Waals surface area contributed by atoms with Gasteiger partial charge < -0.3 is 20.7 Å². The van der Waals surface area contributed by atoms with Gasteiger partial charge in [-0.1, -0.05) is 36.4 Å². The standard InChI is InChI=1S/C27H29N3O2/c1-16-8-6-11-21(14-16)29-27(31)25-19(4)28-26(30-25)20-12-13-23(32-5)22(15-20)24-17(2)9-7-10-18(24)3/h6-15,26,28,30H,1-5H3,(H,29,31). The van der Waals surface area contributed by atoms with Gasteiger partial charge in [-0.25, -0.2) is 0 Å². The van der Waals surface area contributed by atoms with Gasteiger partial charge in [-0.05, 0) is 79.8 Å². The Hall–Kier alpha value is -3.73. The second-order valence-electron chi connectivity index (χ2n) is 8.27. The van der Waals surface area contributed by atoms with Crippen molar-refractivity contribution in [2.75, 3.05) is 12.4 Å². The maximum absolute atomic E-state index is 12.9. The summed E-state index contributed by atoms with van der Waals surface area (Å²) in [6, 6.07) is 20.2. The van der Waals surface area contributed by atoms with Crippen molar-refractivity contribution in [2.45, 2.75) is 33.9 Å². The number of carbonyl (C=O) groups is 1. The van der Waals surface area contributed by atoms with Crippen molar-refractivity contribution in [2.24, 2.45) is 0 Å². The van der Waals surface area contributed by atoms with Gasteiger partial charge in [0.25, 0.3) is 5.91 Å². The van der Waals surface area contributed by atoms with Crippen molar-refractivity contribution < 1.29 is 9.53 Å². The molecule has 0 bridgehead atoms. The first-order valence-electron chi connectivity index (χ1n) is 10.7.